The topological polar surface area (TPSA) is 60.6 Å². The van der Waals surface area contributed by atoms with Crippen molar-refractivity contribution >= 4 is 0 Å². The number of nitrogens with two attached hydrogens (primary N) is 1. The quantitative estimate of drug-likeness (QED) is 0.881. The summed E-state index contributed by atoms with van der Waals surface area (Å²) >= 11 is 0. The average molecular weight is 265 g/mol. The molecule has 1 saturated heterocycles. The van der Waals surface area contributed by atoms with Crippen LogP contribution in [0.1, 0.15) is 19.4 Å². The molecular formula is C14H23N3O2. The van der Waals surface area contributed by atoms with Gasteiger partial charge in [-0.1, -0.05) is 6.07 Å². The SMILES string of the molecule is COc1ncccc1CN1CC(CN)OC(C)(C)C1. The van der Waals surface area contributed by atoms with E-state index in [0.717, 1.165) is 25.2 Å². The maximum absolute atomic E-state index is 5.93. The van der Waals surface area contributed by atoms with Crippen molar-refractivity contribution in [3.63, 3.8) is 0 Å². The highest BCUT2D eigenvalue weighted by atomic mass is 16.5. The van der Waals surface area contributed by atoms with Gasteiger partial charge >= 0.3 is 0 Å². The minimum absolute atomic E-state index is 0.0893. The first-order chi connectivity index (χ1) is 9.04. The maximum Gasteiger partial charge on any atom is 0.217 e. The van der Waals surface area contributed by atoms with Gasteiger partial charge in [-0.05, 0) is 19.9 Å². The summed E-state index contributed by atoms with van der Waals surface area (Å²) in [6, 6.07) is 3.98. The van der Waals surface area contributed by atoms with Crippen molar-refractivity contribution in [1.82, 2.24) is 9.88 Å². The van der Waals surface area contributed by atoms with E-state index in [2.05, 4.69) is 23.7 Å². The van der Waals surface area contributed by atoms with Crippen molar-refractivity contribution in [1.29, 1.82) is 0 Å². The van der Waals surface area contributed by atoms with E-state index in [-0.39, 0.29) is 11.7 Å². The van der Waals surface area contributed by atoms with Crippen molar-refractivity contribution < 1.29 is 9.47 Å². The standard InChI is InChI=1S/C14H23N3O2/c1-14(2)10-17(9-12(7-15)19-14)8-11-5-4-6-16-13(11)18-3/h4-6,12H,7-10,15H2,1-3H3. The molecule has 0 spiro atoms. The summed E-state index contributed by atoms with van der Waals surface area (Å²) in [7, 11) is 1.65. The number of ether oxygens (including phenoxy) is 2. The molecule has 0 saturated carbocycles. The molecule has 0 aliphatic carbocycles. The van der Waals surface area contributed by atoms with Gasteiger partial charge in [0.15, 0.2) is 0 Å². The predicted octanol–water partition coefficient (Wildman–Crippen LogP) is 1.03. The Balaban J connectivity index is 2.09. The van der Waals surface area contributed by atoms with Crippen LogP contribution >= 0.6 is 0 Å². The van der Waals surface area contributed by atoms with Gasteiger partial charge < -0.3 is 15.2 Å². The van der Waals surface area contributed by atoms with Gasteiger partial charge in [0.25, 0.3) is 0 Å². The van der Waals surface area contributed by atoms with Gasteiger partial charge in [0.05, 0.1) is 18.8 Å². The van der Waals surface area contributed by atoms with E-state index in [4.69, 9.17) is 15.2 Å². The smallest absolute Gasteiger partial charge is 0.217 e. The van der Waals surface area contributed by atoms with Crippen LogP contribution in [0.5, 0.6) is 5.88 Å². The summed E-state index contributed by atoms with van der Waals surface area (Å²) in [6.45, 7) is 7.27. The van der Waals surface area contributed by atoms with E-state index in [1.54, 1.807) is 13.3 Å². The second kappa shape index (κ2) is 5.86. The molecule has 1 unspecified atom stereocenters. The van der Waals surface area contributed by atoms with Crippen LogP contribution in [0, 0.1) is 0 Å². The second-order valence-electron chi connectivity index (χ2n) is 5.58. The minimum Gasteiger partial charge on any atom is -0.481 e. The van der Waals surface area contributed by atoms with Gasteiger partial charge in [-0.25, -0.2) is 4.98 Å². The Kier molecular flexibility index (Phi) is 4.39. The van der Waals surface area contributed by atoms with E-state index in [0.29, 0.717) is 12.4 Å². The predicted molar refractivity (Wildman–Crippen MR) is 74.1 cm³/mol. The van der Waals surface area contributed by atoms with Crippen LogP contribution in [0.4, 0.5) is 0 Å². The fourth-order valence-corrected chi connectivity index (χ4v) is 2.63. The summed E-state index contributed by atoms with van der Waals surface area (Å²) in [5.41, 5.74) is 6.67. The Hall–Kier alpha value is -1.17. The molecule has 106 valence electrons. The second-order valence-corrected chi connectivity index (χ2v) is 5.58. The Morgan fingerprint density at radius 2 is 2.37 bits per heavy atom. The Morgan fingerprint density at radius 1 is 1.58 bits per heavy atom. The maximum atomic E-state index is 5.93. The van der Waals surface area contributed by atoms with Gasteiger partial charge in [0, 0.05) is 37.9 Å². The molecule has 1 aromatic heterocycles. The highest BCUT2D eigenvalue weighted by Gasteiger charge is 2.32. The number of rotatable bonds is 4. The molecular weight excluding hydrogens is 242 g/mol. The first-order valence-corrected chi connectivity index (χ1v) is 6.62. The fraction of sp³-hybridized carbons (Fsp3) is 0.643. The molecule has 0 bridgehead atoms. The molecule has 19 heavy (non-hydrogen) atoms. The normalized spacial score (nSPS) is 23.3. The lowest BCUT2D eigenvalue weighted by molar-refractivity contribution is -0.134. The van der Waals surface area contributed by atoms with E-state index < -0.39 is 0 Å². The minimum atomic E-state index is -0.169. The molecule has 2 rings (SSSR count). The molecule has 0 amide bonds. The highest BCUT2D eigenvalue weighted by molar-refractivity contribution is 5.25. The molecule has 2 heterocycles. The van der Waals surface area contributed by atoms with Crippen LogP contribution in [0.3, 0.4) is 0 Å². The van der Waals surface area contributed by atoms with Crippen molar-refractivity contribution in [3.8, 4) is 5.88 Å². The van der Waals surface area contributed by atoms with Gasteiger partial charge in [-0.15, -0.1) is 0 Å². The van der Waals surface area contributed by atoms with Crippen LogP contribution in [-0.4, -0.2) is 48.3 Å². The lowest BCUT2D eigenvalue weighted by Gasteiger charge is -2.42. The number of morpholine rings is 1. The van der Waals surface area contributed by atoms with E-state index in [1.807, 2.05) is 12.1 Å². The van der Waals surface area contributed by atoms with Crippen molar-refractivity contribution in [2.24, 2.45) is 5.73 Å². The van der Waals surface area contributed by atoms with Crippen LogP contribution in [0.15, 0.2) is 18.3 Å². The first-order valence-electron chi connectivity index (χ1n) is 6.62. The highest BCUT2D eigenvalue weighted by Crippen LogP contribution is 2.24. The molecule has 2 N–H and O–H groups in total. The summed E-state index contributed by atoms with van der Waals surface area (Å²) in [6.07, 6.45) is 1.83. The number of hydrogen-bond acceptors (Lipinski definition) is 5. The molecule has 1 atom stereocenters. The third-order valence-corrected chi connectivity index (χ3v) is 3.25. The van der Waals surface area contributed by atoms with Gasteiger partial charge in [-0.3, -0.25) is 4.90 Å². The van der Waals surface area contributed by atoms with E-state index in [9.17, 15) is 0 Å². The Morgan fingerprint density at radius 3 is 3.05 bits per heavy atom. The zero-order valence-corrected chi connectivity index (χ0v) is 11.9. The fourth-order valence-electron chi connectivity index (χ4n) is 2.63. The molecule has 0 radical (unpaired) electrons. The van der Waals surface area contributed by atoms with Crippen molar-refractivity contribution in [2.75, 3.05) is 26.7 Å². The van der Waals surface area contributed by atoms with Gasteiger partial charge in [0.2, 0.25) is 5.88 Å². The molecule has 5 heteroatoms. The number of pyridine rings is 1. The summed E-state index contributed by atoms with van der Waals surface area (Å²) < 4.78 is 11.2. The van der Waals surface area contributed by atoms with E-state index >= 15 is 0 Å². The molecule has 1 aromatic rings. The van der Waals surface area contributed by atoms with E-state index in [1.165, 1.54) is 0 Å². The van der Waals surface area contributed by atoms with Crippen LogP contribution in [0.25, 0.3) is 0 Å². The lowest BCUT2D eigenvalue weighted by Crippen LogP contribution is -2.54. The number of aromatic nitrogens is 1. The summed E-state index contributed by atoms with van der Waals surface area (Å²) in [5, 5.41) is 0. The monoisotopic (exact) mass is 265 g/mol. The zero-order valence-electron chi connectivity index (χ0n) is 11.9. The molecule has 1 aliphatic heterocycles. The average Bonchev–Trinajstić information content (AvgIpc) is 2.37. The van der Waals surface area contributed by atoms with Crippen LogP contribution in [0.2, 0.25) is 0 Å². The Labute approximate surface area is 114 Å². The Bertz CT molecular complexity index is 423. The zero-order chi connectivity index (χ0) is 13.9. The first kappa shape index (κ1) is 14.2. The summed E-state index contributed by atoms with van der Waals surface area (Å²) in [4.78, 5) is 6.58. The molecule has 0 aromatic carbocycles. The van der Waals surface area contributed by atoms with Crippen LogP contribution < -0.4 is 10.5 Å². The van der Waals surface area contributed by atoms with Gasteiger partial charge in [-0.2, -0.15) is 0 Å². The third kappa shape index (κ3) is 3.65. The molecule has 1 aliphatic rings. The van der Waals surface area contributed by atoms with Crippen molar-refractivity contribution in [2.45, 2.75) is 32.1 Å². The number of methoxy groups -OCH3 is 1. The lowest BCUT2D eigenvalue weighted by atomic mass is 10.0. The molecule has 5 nitrogen and oxygen atoms in total. The third-order valence-electron chi connectivity index (χ3n) is 3.25. The number of hydrogen-bond donors (Lipinski definition) is 1. The summed E-state index contributed by atoms with van der Waals surface area (Å²) in [5.74, 6) is 0.691. The number of nitrogens with zero attached hydrogens (tertiary/aromatic N) is 2. The van der Waals surface area contributed by atoms with Crippen molar-refractivity contribution in [3.05, 3.63) is 23.9 Å². The largest absolute Gasteiger partial charge is 0.481 e. The van der Waals surface area contributed by atoms with Crippen LogP contribution in [-0.2, 0) is 11.3 Å². The van der Waals surface area contributed by atoms with Gasteiger partial charge in [0.1, 0.15) is 0 Å². The molecule has 1 fully saturated rings.